The van der Waals surface area contributed by atoms with E-state index in [2.05, 4.69) is 17.4 Å². The van der Waals surface area contributed by atoms with Gasteiger partial charge in [0.05, 0.1) is 14.2 Å². The van der Waals surface area contributed by atoms with Crippen molar-refractivity contribution in [1.29, 1.82) is 0 Å². The van der Waals surface area contributed by atoms with Gasteiger partial charge < -0.3 is 14.8 Å². The Balaban J connectivity index is 0.00000162. The maximum atomic E-state index is 5.33. The zero-order chi connectivity index (χ0) is 12.1. The van der Waals surface area contributed by atoms with Gasteiger partial charge in [-0.05, 0) is 56.0 Å². The minimum Gasteiger partial charge on any atom is -0.493 e. The number of halogens is 1. The van der Waals surface area contributed by atoms with Crippen LogP contribution in [0.1, 0.15) is 18.4 Å². The summed E-state index contributed by atoms with van der Waals surface area (Å²) in [7, 11) is 3.35. The van der Waals surface area contributed by atoms with Gasteiger partial charge in [-0.1, -0.05) is 6.07 Å². The SMILES string of the molecule is COc1ccc(CC2CCCNC2)cc1OC.Cl. The Hall–Kier alpha value is -0.930. The molecule has 0 aliphatic carbocycles. The highest BCUT2D eigenvalue weighted by atomic mass is 35.5. The highest BCUT2D eigenvalue weighted by Gasteiger charge is 2.14. The van der Waals surface area contributed by atoms with Crippen LogP contribution in [0.4, 0.5) is 0 Å². The van der Waals surface area contributed by atoms with Crippen LogP contribution in [0, 0.1) is 5.92 Å². The van der Waals surface area contributed by atoms with Gasteiger partial charge in [-0.15, -0.1) is 12.4 Å². The maximum Gasteiger partial charge on any atom is 0.160 e. The molecule has 18 heavy (non-hydrogen) atoms. The molecule has 1 aliphatic heterocycles. The lowest BCUT2D eigenvalue weighted by atomic mass is 9.92. The van der Waals surface area contributed by atoms with E-state index in [0.717, 1.165) is 30.4 Å². The van der Waals surface area contributed by atoms with Crippen LogP contribution < -0.4 is 14.8 Å². The molecule has 1 aromatic rings. The second-order valence-corrected chi connectivity index (χ2v) is 4.61. The molecule has 1 aliphatic rings. The first-order chi connectivity index (χ1) is 8.33. The van der Waals surface area contributed by atoms with E-state index in [0.29, 0.717) is 0 Å². The van der Waals surface area contributed by atoms with E-state index >= 15 is 0 Å². The topological polar surface area (TPSA) is 30.5 Å². The van der Waals surface area contributed by atoms with Crippen LogP contribution in [0.15, 0.2) is 18.2 Å². The molecule has 0 amide bonds. The van der Waals surface area contributed by atoms with E-state index in [1.807, 2.05) is 6.07 Å². The number of rotatable bonds is 4. The van der Waals surface area contributed by atoms with Gasteiger partial charge in [0.1, 0.15) is 0 Å². The van der Waals surface area contributed by atoms with Gasteiger partial charge in [-0.3, -0.25) is 0 Å². The molecular weight excluding hydrogens is 250 g/mol. The van der Waals surface area contributed by atoms with E-state index in [9.17, 15) is 0 Å². The fraction of sp³-hybridized carbons (Fsp3) is 0.571. The second-order valence-electron chi connectivity index (χ2n) is 4.61. The van der Waals surface area contributed by atoms with Gasteiger partial charge >= 0.3 is 0 Å². The van der Waals surface area contributed by atoms with Crippen LogP contribution >= 0.6 is 12.4 Å². The van der Waals surface area contributed by atoms with E-state index in [4.69, 9.17) is 9.47 Å². The highest BCUT2D eigenvalue weighted by Crippen LogP contribution is 2.29. The first-order valence-corrected chi connectivity index (χ1v) is 6.25. The number of piperidine rings is 1. The van der Waals surface area contributed by atoms with Crippen molar-refractivity contribution in [2.45, 2.75) is 19.3 Å². The van der Waals surface area contributed by atoms with Gasteiger partial charge in [0.15, 0.2) is 11.5 Å². The number of methoxy groups -OCH3 is 2. The molecule has 0 bridgehead atoms. The lowest BCUT2D eigenvalue weighted by Gasteiger charge is -2.23. The molecule has 1 N–H and O–H groups in total. The van der Waals surface area contributed by atoms with Crippen molar-refractivity contribution in [2.24, 2.45) is 5.92 Å². The van der Waals surface area contributed by atoms with E-state index in [1.165, 1.54) is 24.9 Å². The molecule has 3 nitrogen and oxygen atoms in total. The zero-order valence-electron chi connectivity index (χ0n) is 11.1. The number of benzene rings is 1. The van der Waals surface area contributed by atoms with Crippen LogP contribution in [0.25, 0.3) is 0 Å². The van der Waals surface area contributed by atoms with Crippen molar-refractivity contribution >= 4 is 12.4 Å². The molecule has 0 saturated carbocycles. The Bertz CT molecular complexity index is 365. The summed E-state index contributed by atoms with van der Waals surface area (Å²) in [4.78, 5) is 0. The van der Waals surface area contributed by atoms with E-state index in [1.54, 1.807) is 14.2 Å². The summed E-state index contributed by atoms with van der Waals surface area (Å²) in [5, 5.41) is 3.45. The first kappa shape index (κ1) is 15.1. The minimum absolute atomic E-state index is 0. The average molecular weight is 272 g/mol. The quantitative estimate of drug-likeness (QED) is 0.913. The summed E-state index contributed by atoms with van der Waals surface area (Å²) in [5.41, 5.74) is 1.33. The van der Waals surface area contributed by atoms with Crippen molar-refractivity contribution in [3.05, 3.63) is 23.8 Å². The molecule has 4 heteroatoms. The van der Waals surface area contributed by atoms with Gasteiger partial charge in [0, 0.05) is 0 Å². The first-order valence-electron chi connectivity index (χ1n) is 6.25. The Labute approximate surface area is 115 Å². The molecule has 1 fully saturated rings. The molecule has 1 aromatic carbocycles. The molecule has 1 unspecified atom stereocenters. The van der Waals surface area contributed by atoms with E-state index < -0.39 is 0 Å². The molecular formula is C14H22ClNO2. The lowest BCUT2D eigenvalue weighted by molar-refractivity contribution is 0.352. The number of hydrogen-bond acceptors (Lipinski definition) is 3. The van der Waals surface area contributed by atoms with Crippen molar-refractivity contribution in [3.8, 4) is 11.5 Å². The van der Waals surface area contributed by atoms with Gasteiger partial charge in [-0.25, -0.2) is 0 Å². The highest BCUT2D eigenvalue weighted by molar-refractivity contribution is 5.85. The fourth-order valence-electron chi connectivity index (χ4n) is 2.44. The van der Waals surface area contributed by atoms with Gasteiger partial charge in [-0.2, -0.15) is 0 Å². The predicted octanol–water partition coefficient (Wildman–Crippen LogP) is 2.67. The predicted molar refractivity (Wildman–Crippen MR) is 76.1 cm³/mol. The van der Waals surface area contributed by atoms with Crippen LogP contribution in [-0.4, -0.2) is 27.3 Å². The third-order valence-electron chi connectivity index (χ3n) is 3.37. The number of hydrogen-bond donors (Lipinski definition) is 1. The fourth-order valence-corrected chi connectivity index (χ4v) is 2.44. The van der Waals surface area contributed by atoms with Crippen molar-refractivity contribution in [1.82, 2.24) is 5.32 Å². The Kier molecular flexibility index (Phi) is 6.30. The number of nitrogens with one attached hydrogen (secondary N) is 1. The molecule has 102 valence electrons. The standard InChI is InChI=1S/C14H21NO2.ClH/c1-16-13-6-5-11(9-14(13)17-2)8-12-4-3-7-15-10-12;/h5-6,9,12,15H,3-4,7-8,10H2,1-2H3;1H. The summed E-state index contributed by atoms with van der Waals surface area (Å²) in [6.45, 7) is 2.30. The Morgan fingerprint density at radius 1 is 1.22 bits per heavy atom. The second kappa shape index (κ2) is 7.49. The number of ether oxygens (including phenoxy) is 2. The monoisotopic (exact) mass is 271 g/mol. The molecule has 2 rings (SSSR count). The van der Waals surface area contributed by atoms with Crippen molar-refractivity contribution < 1.29 is 9.47 Å². The molecule has 0 radical (unpaired) electrons. The average Bonchev–Trinajstić information content (AvgIpc) is 2.40. The summed E-state index contributed by atoms with van der Waals surface area (Å²) < 4.78 is 10.6. The smallest absolute Gasteiger partial charge is 0.160 e. The van der Waals surface area contributed by atoms with Crippen LogP contribution in [0.3, 0.4) is 0 Å². The third-order valence-corrected chi connectivity index (χ3v) is 3.37. The molecule has 1 heterocycles. The van der Waals surface area contributed by atoms with Gasteiger partial charge in [0.2, 0.25) is 0 Å². The molecule has 0 spiro atoms. The van der Waals surface area contributed by atoms with Crippen molar-refractivity contribution in [3.63, 3.8) is 0 Å². The maximum absolute atomic E-state index is 5.33. The molecule has 0 aromatic heterocycles. The Morgan fingerprint density at radius 2 is 2.00 bits per heavy atom. The lowest BCUT2D eigenvalue weighted by Crippen LogP contribution is -2.30. The summed E-state index contributed by atoms with van der Waals surface area (Å²) in [6.07, 6.45) is 3.73. The third kappa shape index (κ3) is 3.79. The molecule has 1 saturated heterocycles. The van der Waals surface area contributed by atoms with Gasteiger partial charge in [0.25, 0.3) is 0 Å². The summed E-state index contributed by atoms with van der Waals surface area (Å²) in [6, 6.07) is 6.22. The largest absolute Gasteiger partial charge is 0.493 e. The van der Waals surface area contributed by atoms with Crippen molar-refractivity contribution in [2.75, 3.05) is 27.3 Å². The summed E-state index contributed by atoms with van der Waals surface area (Å²) in [5.74, 6) is 2.38. The van der Waals surface area contributed by atoms with Crippen LogP contribution in [0.2, 0.25) is 0 Å². The minimum atomic E-state index is 0. The normalized spacial score (nSPS) is 18.9. The summed E-state index contributed by atoms with van der Waals surface area (Å²) >= 11 is 0. The Morgan fingerprint density at radius 3 is 2.61 bits per heavy atom. The molecule has 1 atom stereocenters. The van der Waals surface area contributed by atoms with E-state index in [-0.39, 0.29) is 12.4 Å². The zero-order valence-corrected chi connectivity index (χ0v) is 11.9. The van der Waals surface area contributed by atoms with Crippen LogP contribution in [-0.2, 0) is 6.42 Å². The van der Waals surface area contributed by atoms with Crippen LogP contribution in [0.5, 0.6) is 11.5 Å².